The van der Waals surface area contributed by atoms with E-state index in [1.807, 2.05) is 24.0 Å². The van der Waals surface area contributed by atoms with Crippen LogP contribution in [0.15, 0.2) is 16.5 Å². The Bertz CT molecular complexity index is 395. The third-order valence-corrected chi connectivity index (χ3v) is 3.23. The Balaban J connectivity index is 1.89. The Kier molecular flexibility index (Phi) is 4.42. The van der Waals surface area contributed by atoms with Crippen molar-refractivity contribution in [1.82, 2.24) is 4.90 Å². The van der Waals surface area contributed by atoms with Gasteiger partial charge in [0.25, 0.3) is 0 Å². The Morgan fingerprint density at radius 3 is 2.78 bits per heavy atom. The highest BCUT2D eigenvalue weighted by Crippen LogP contribution is 2.29. The number of unbranched alkanes of at least 4 members (excludes halogenated alkanes) is 1. The lowest BCUT2D eigenvalue weighted by Gasteiger charge is -2.21. The largest absolute Gasteiger partial charge is 0.464 e. The van der Waals surface area contributed by atoms with E-state index in [1.54, 1.807) is 0 Å². The van der Waals surface area contributed by atoms with Crippen LogP contribution in [-0.2, 0) is 11.3 Å². The zero-order valence-electron chi connectivity index (χ0n) is 10.9. The van der Waals surface area contributed by atoms with Gasteiger partial charge in [-0.25, -0.2) is 0 Å². The summed E-state index contributed by atoms with van der Waals surface area (Å²) in [5.74, 6) is 1.92. The van der Waals surface area contributed by atoms with E-state index < -0.39 is 0 Å². The fourth-order valence-corrected chi connectivity index (χ4v) is 2.08. The molecule has 0 aliphatic heterocycles. The fraction of sp³-hybridized carbons (Fsp3) is 0.643. The van der Waals surface area contributed by atoms with Gasteiger partial charge in [-0.3, -0.25) is 4.79 Å². The summed E-state index contributed by atoms with van der Waals surface area (Å²) in [6.45, 7) is 2.65. The van der Waals surface area contributed by atoms with Gasteiger partial charge in [-0.1, -0.05) is 0 Å². The van der Waals surface area contributed by atoms with Crippen molar-refractivity contribution >= 4 is 5.91 Å². The molecule has 0 atom stereocenters. The van der Waals surface area contributed by atoms with Crippen molar-refractivity contribution in [3.05, 3.63) is 23.7 Å². The van der Waals surface area contributed by atoms with Crippen molar-refractivity contribution in [2.24, 2.45) is 0 Å². The molecular formula is C14H21NO3. The monoisotopic (exact) mass is 251 g/mol. The maximum Gasteiger partial charge on any atom is 0.223 e. The maximum absolute atomic E-state index is 12.1. The van der Waals surface area contributed by atoms with Gasteiger partial charge in [0.05, 0.1) is 6.54 Å². The number of hydrogen-bond donors (Lipinski definition) is 1. The zero-order chi connectivity index (χ0) is 13.0. The van der Waals surface area contributed by atoms with Crippen molar-refractivity contribution < 1.29 is 14.3 Å². The van der Waals surface area contributed by atoms with Crippen LogP contribution in [0.25, 0.3) is 0 Å². The molecular weight excluding hydrogens is 230 g/mol. The van der Waals surface area contributed by atoms with Crippen LogP contribution in [0.1, 0.15) is 43.6 Å². The van der Waals surface area contributed by atoms with Gasteiger partial charge in [-0.05, 0) is 44.7 Å². The molecule has 1 aliphatic rings. The summed E-state index contributed by atoms with van der Waals surface area (Å²) in [6, 6.07) is 4.26. The lowest BCUT2D eigenvalue weighted by atomic mass is 10.2. The summed E-state index contributed by atoms with van der Waals surface area (Å²) in [6.07, 6.45) is 4.19. The zero-order valence-corrected chi connectivity index (χ0v) is 10.9. The predicted octanol–water partition coefficient (Wildman–Crippen LogP) is 2.24. The van der Waals surface area contributed by atoms with Crippen molar-refractivity contribution in [1.29, 1.82) is 0 Å². The first-order chi connectivity index (χ1) is 8.70. The third-order valence-electron chi connectivity index (χ3n) is 3.23. The molecule has 1 N–H and O–H groups in total. The smallest absolute Gasteiger partial charge is 0.223 e. The van der Waals surface area contributed by atoms with Crippen molar-refractivity contribution in [2.75, 3.05) is 6.61 Å². The van der Waals surface area contributed by atoms with Crippen molar-refractivity contribution in [3.63, 3.8) is 0 Å². The van der Waals surface area contributed by atoms with E-state index in [0.717, 1.165) is 30.8 Å². The van der Waals surface area contributed by atoms with Crippen molar-refractivity contribution in [3.8, 4) is 0 Å². The second-order valence-corrected chi connectivity index (χ2v) is 4.95. The summed E-state index contributed by atoms with van der Waals surface area (Å²) >= 11 is 0. The summed E-state index contributed by atoms with van der Waals surface area (Å²) in [5, 5.41) is 8.74. The molecule has 0 aromatic carbocycles. The SMILES string of the molecule is Cc1ccc(CN(C(=O)CCCCO)C2CC2)o1. The van der Waals surface area contributed by atoms with Gasteiger partial charge >= 0.3 is 0 Å². The topological polar surface area (TPSA) is 53.7 Å². The summed E-state index contributed by atoms with van der Waals surface area (Å²) in [5.41, 5.74) is 0. The Morgan fingerprint density at radius 2 is 2.22 bits per heavy atom. The van der Waals surface area contributed by atoms with E-state index in [1.165, 1.54) is 0 Å². The van der Waals surface area contributed by atoms with Crippen LogP contribution >= 0.6 is 0 Å². The van der Waals surface area contributed by atoms with E-state index in [0.29, 0.717) is 25.4 Å². The van der Waals surface area contributed by atoms with Gasteiger partial charge in [0.2, 0.25) is 5.91 Å². The van der Waals surface area contributed by atoms with Crippen LogP contribution in [0.5, 0.6) is 0 Å². The predicted molar refractivity (Wildman–Crippen MR) is 68.0 cm³/mol. The average molecular weight is 251 g/mol. The van der Waals surface area contributed by atoms with Crippen LogP contribution in [0.3, 0.4) is 0 Å². The van der Waals surface area contributed by atoms with Crippen LogP contribution in [-0.4, -0.2) is 28.6 Å². The first-order valence-corrected chi connectivity index (χ1v) is 6.66. The fourth-order valence-electron chi connectivity index (χ4n) is 2.08. The molecule has 1 amide bonds. The molecule has 0 saturated heterocycles. The van der Waals surface area contributed by atoms with Crippen molar-refractivity contribution in [2.45, 2.75) is 51.6 Å². The second-order valence-electron chi connectivity index (χ2n) is 4.95. The molecule has 1 aliphatic carbocycles. The van der Waals surface area contributed by atoms with Gasteiger partial charge < -0.3 is 14.4 Å². The molecule has 0 spiro atoms. The molecule has 1 heterocycles. The summed E-state index contributed by atoms with van der Waals surface area (Å²) in [4.78, 5) is 14.0. The first-order valence-electron chi connectivity index (χ1n) is 6.66. The van der Waals surface area contributed by atoms with Crippen LogP contribution in [0.4, 0.5) is 0 Å². The molecule has 0 unspecified atom stereocenters. The van der Waals surface area contributed by atoms with Gasteiger partial charge in [-0.2, -0.15) is 0 Å². The number of aryl methyl sites for hydroxylation is 1. The van der Waals surface area contributed by atoms with Gasteiger partial charge in [-0.15, -0.1) is 0 Å². The average Bonchev–Trinajstić information content (AvgIpc) is 3.10. The van der Waals surface area contributed by atoms with Crippen LogP contribution in [0, 0.1) is 6.92 Å². The van der Waals surface area contributed by atoms with E-state index in [2.05, 4.69) is 0 Å². The number of rotatable bonds is 7. The molecule has 1 fully saturated rings. The molecule has 1 saturated carbocycles. The van der Waals surface area contributed by atoms with Crippen LogP contribution in [0.2, 0.25) is 0 Å². The molecule has 1 aromatic rings. The summed E-state index contributed by atoms with van der Waals surface area (Å²) in [7, 11) is 0. The minimum absolute atomic E-state index is 0.161. The van der Waals surface area contributed by atoms with Gasteiger partial charge in [0.15, 0.2) is 0 Å². The molecule has 4 heteroatoms. The lowest BCUT2D eigenvalue weighted by molar-refractivity contribution is -0.132. The molecule has 2 rings (SSSR count). The van der Waals surface area contributed by atoms with Gasteiger partial charge in [0.1, 0.15) is 11.5 Å². The molecule has 18 heavy (non-hydrogen) atoms. The highest BCUT2D eigenvalue weighted by molar-refractivity contribution is 5.76. The number of hydrogen-bond acceptors (Lipinski definition) is 3. The van der Waals surface area contributed by atoms with E-state index >= 15 is 0 Å². The Labute approximate surface area is 108 Å². The number of carbonyl (C=O) groups is 1. The number of nitrogens with zero attached hydrogens (tertiary/aromatic N) is 1. The molecule has 0 bridgehead atoms. The molecule has 4 nitrogen and oxygen atoms in total. The quantitative estimate of drug-likeness (QED) is 0.756. The van der Waals surface area contributed by atoms with E-state index in [-0.39, 0.29) is 12.5 Å². The number of furan rings is 1. The molecule has 100 valence electrons. The lowest BCUT2D eigenvalue weighted by Crippen LogP contribution is -2.32. The number of carbonyl (C=O) groups excluding carboxylic acids is 1. The van der Waals surface area contributed by atoms with Crippen LogP contribution < -0.4 is 0 Å². The van der Waals surface area contributed by atoms with E-state index in [9.17, 15) is 4.79 Å². The molecule has 1 aromatic heterocycles. The summed E-state index contributed by atoms with van der Waals surface area (Å²) < 4.78 is 5.53. The molecule has 0 radical (unpaired) electrons. The number of amides is 1. The normalized spacial score (nSPS) is 14.8. The standard InChI is InChI=1S/C14H21NO3/c1-11-5-8-13(18-11)10-15(12-6-7-12)14(17)4-2-3-9-16/h5,8,12,16H,2-4,6-7,9-10H2,1H3. The van der Waals surface area contributed by atoms with E-state index in [4.69, 9.17) is 9.52 Å². The first kappa shape index (κ1) is 13.1. The number of aliphatic hydroxyl groups excluding tert-OH is 1. The number of aliphatic hydroxyl groups is 1. The maximum atomic E-state index is 12.1. The van der Waals surface area contributed by atoms with Gasteiger partial charge in [0, 0.05) is 19.1 Å². The second kappa shape index (κ2) is 6.05. The minimum atomic E-state index is 0.161. The Morgan fingerprint density at radius 1 is 1.44 bits per heavy atom. The third kappa shape index (κ3) is 3.60. The minimum Gasteiger partial charge on any atom is -0.464 e. The Hall–Kier alpha value is -1.29. The highest BCUT2D eigenvalue weighted by atomic mass is 16.3. The highest BCUT2D eigenvalue weighted by Gasteiger charge is 2.32.